The average Bonchev–Trinajstić information content (AvgIpc) is 2.59. The number of methoxy groups -OCH3 is 3. The van der Waals surface area contributed by atoms with Gasteiger partial charge in [0.2, 0.25) is 0 Å². The summed E-state index contributed by atoms with van der Waals surface area (Å²) < 4.78 is 26.6. The normalized spacial score (nSPS) is 20.2. The van der Waals surface area contributed by atoms with Crippen molar-refractivity contribution in [2.24, 2.45) is 0 Å². The Morgan fingerprint density at radius 2 is 1.92 bits per heavy atom. The quantitative estimate of drug-likeness (QED) is 0.563. The van der Waals surface area contributed by atoms with Gasteiger partial charge in [0, 0.05) is 14.0 Å². The van der Waals surface area contributed by atoms with Crippen LogP contribution in [0.3, 0.4) is 0 Å². The van der Waals surface area contributed by atoms with Crippen LogP contribution >= 0.6 is 0 Å². The summed E-state index contributed by atoms with van der Waals surface area (Å²) >= 11 is 0. The van der Waals surface area contributed by atoms with Gasteiger partial charge in [0.25, 0.3) is 0 Å². The molecule has 1 aliphatic carbocycles. The second kappa shape index (κ2) is 8.70. The molecule has 0 radical (unpaired) electrons. The second-order valence-electron chi connectivity index (χ2n) is 5.49. The van der Waals surface area contributed by atoms with Crippen LogP contribution in [0.15, 0.2) is 24.3 Å². The summed E-state index contributed by atoms with van der Waals surface area (Å²) in [7, 11) is 4.77. The Kier molecular flexibility index (Phi) is 6.63. The van der Waals surface area contributed by atoms with Gasteiger partial charge in [0.05, 0.1) is 14.2 Å². The van der Waals surface area contributed by atoms with Crippen molar-refractivity contribution in [3.63, 3.8) is 0 Å². The number of ether oxygens (including phenoxy) is 5. The van der Waals surface area contributed by atoms with Crippen molar-refractivity contribution in [3.8, 4) is 11.5 Å². The van der Waals surface area contributed by atoms with Crippen LogP contribution in [0.4, 0.5) is 0 Å². The molecule has 1 aromatic rings. The molecule has 0 N–H and O–H groups in total. The Hall–Kier alpha value is -2.05. The van der Waals surface area contributed by atoms with E-state index in [2.05, 4.69) is 0 Å². The van der Waals surface area contributed by atoms with E-state index < -0.39 is 6.10 Å². The summed E-state index contributed by atoms with van der Waals surface area (Å²) in [4.78, 5) is 11.4. The van der Waals surface area contributed by atoms with Crippen molar-refractivity contribution in [1.29, 1.82) is 0 Å². The van der Waals surface area contributed by atoms with E-state index in [0.717, 1.165) is 24.0 Å². The molecule has 0 fully saturated rings. The molecule has 1 aromatic carbocycles. The van der Waals surface area contributed by atoms with Crippen LogP contribution < -0.4 is 9.47 Å². The molecule has 6 heteroatoms. The van der Waals surface area contributed by atoms with Crippen molar-refractivity contribution < 1.29 is 28.5 Å². The van der Waals surface area contributed by atoms with E-state index in [0.29, 0.717) is 11.5 Å². The van der Waals surface area contributed by atoms with Gasteiger partial charge in [-0.15, -0.1) is 0 Å². The van der Waals surface area contributed by atoms with Crippen molar-refractivity contribution in [2.75, 3.05) is 28.1 Å². The van der Waals surface area contributed by atoms with Crippen molar-refractivity contribution in [2.45, 2.75) is 32.0 Å². The highest BCUT2D eigenvalue weighted by molar-refractivity contribution is 5.71. The molecule has 0 amide bonds. The number of esters is 1. The average molecular weight is 336 g/mol. The third kappa shape index (κ3) is 4.49. The molecule has 0 saturated heterocycles. The summed E-state index contributed by atoms with van der Waals surface area (Å²) in [5.41, 5.74) is 2.09. The molecule has 0 saturated carbocycles. The van der Waals surface area contributed by atoms with E-state index in [1.54, 1.807) is 21.3 Å². The SMILES string of the molecule is COCO[C@@H]1CCC(c2ccc(OC)c(OC)c2)=C[C@@H]1OC(C)=O. The molecule has 6 nitrogen and oxygen atoms in total. The lowest BCUT2D eigenvalue weighted by molar-refractivity contribution is -0.158. The lowest BCUT2D eigenvalue weighted by Crippen LogP contribution is -2.34. The van der Waals surface area contributed by atoms with Crippen molar-refractivity contribution in [1.82, 2.24) is 0 Å². The predicted octanol–water partition coefficient (Wildman–Crippen LogP) is 2.80. The fraction of sp³-hybridized carbons (Fsp3) is 0.500. The number of carbonyl (C=O) groups is 1. The number of benzene rings is 1. The first kappa shape index (κ1) is 18.3. The second-order valence-corrected chi connectivity index (χ2v) is 5.49. The Morgan fingerprint density at radius 1 is 1.17 bits per heavy atom. The number of carbonyl (C=O) groups excluding carboxylic acids is 1. The van der Waals surface area contributed by atoms with E-state index in [1.807, 2.05) is 24.3 Å². The molecule has 0 bridgehead atoms. The summed E-state index contributed by atoms with van der Waals surface area (Å²) in [5, 5.41) is 0. The van der Waals surface area contributed by atoms with Crippen LogP contribution in [0.1, 0.15) is 25.3 Å². The minimum Gasteiger partial charge on any atom is -0.493 e. The molecule has 1 aliphatic rings. The van der Waals surface area contributed by atoms with Gasteiger partial charge >= 0.3 is 5.97 Å². The first-order valence-corrected chi connectivity index (χ1v) is 7.80. The third-order valence-electron chi connectivity index (χ3n) is 3.89. The van der Waals surface area contributed by atoms with Crippen LogP contribution in [0.25, 0.3) is 5.57 Å². The summed E-state index contributed by atoms with van der Waals surface area (Å²) in [5.74, 6) is 1.00. The molecule has 0 unspecified atom stereocenters. The summed E-state index contributed by atoms with van der Waals surface area (Å²) in [6, 6.07) is 5.75. The number of rotatable bonds is 7. The lowest BCUT2D eigenvalue weighted by atomic mass is 9.90. The first-order valence-electron chi connectivity index (χ1n) is 7.80. The van der Waals surface area contributed by atoms with Gasteiger partial charge in [-0.05, 0) is 42.2 Å². The highest BCUT2D eigenvalue weighted by Gasteiger charge is 2.28. The molecular formula is C18H24O6. The van der Waals surface area contributed by atoms with Crippen LogP contribution in [0, 0.1) is 0 Å². The van der Waals surface area contributed by atoms with Crippen molar-refractivity contribution in [3.05, 3.63) is 29.8 Å². The third-order valence-corrected chi connectivity index (χ3v) is 3.89. The monoisotopic (exact) mass is 336 g/mol. The van der Waals surface area contributed by atoms with E-state index in [4.69, 9.17) is 23.7 Å². The Balaban J connectivity index is 2.26. The number of hydrogen-bond donors (Lipinski definition) is 0. The van der Waals surface area contributed by atoms with Gasteiger partial charge in [0.15, 0.2) is 11.5 Å². The van der Waals surface area contributed by atoms with Crippen LogP contribution in [0.5, 0.6) is 11.5 Å². The lowest BCUT2D eigenvalue weighted by Gasteiger charge is -2.29. The van der Waals surface area contributed by atoms with Gasteiger partial charge in [-0.25, -0.2) is 0 Å². The molecular weight excluding hydrogens is 312 g/mol. The molecule has 0 spiro atoms. The minimum atomic E-state index is -0.436. The maximum atomic E-state index is 11.4. The standard InChI is InChI=1S/C18H24O6/c1-12(19)24-18-10-14(6-8-16(18)23-11-20-2)13-5-7-15(21-3)17(9-13)22-4/h5,7,9-10,16,18H,6,8,11H2,1-4H3/t16-,18+/m1/s1. The Labute approximate surface area is 142 Å². The molecule has 0 aliphatic heterocycles. The molecule has 2 rings (SSSR count). The fourth-order valence-electron chi connectivity index (χ4n) is 2.76. The topological polar surface area (TPSA) is 63.2 Å². The summed E-state index contributed by atoms with van der Waals surface area (Å²) in [6.07, 6.45) is 2.84. The zero-order valence-corrected chi connectivity index (χ0v) is 14.5. The van der Waals surface area contributed by atoms with Gasteiger partial charge in [-0.1, -0.05) is 6.07 Å². The van der Waals surface area contributed by atoms with Gasteiger partial charge in [-0.3, -0.25) is 4.79 Å². The van der Waals surface area contributed by atoms with Crippen molar-refractivity contribution >= 4 is 11.5 Å². The first-order chi connectivity index (χ1) is 11.6. The zero-order chi connectivity index (χ0) is 17.5. The molecule has 132 valence electrons. The zero-order valence-electron chi connectivity index (χ0n) is 14.5. The largest absolute Gasteiger partial charge is 0.493 e. The van der Waals surface area contributed by atoms with E-state index in [9.17, 15) is 4.79 Å². The van der Waals surface area contributed by atoms with Gasteiger partial charge in [0.1, 0.15) is 19.0 Å². The maximum Gasteiger partial charge on any atom is 0.303 e. The molecule has 24 heavy (non-hydrogen) atoms. The van der Waals surface area contributed by atoms with E-state index in [-0.39, 0.29) is 18.9 Å². The van der Waals surface area contributed by atoms with Gasteiger partial charge in [-0.2, -0.15) is 0 Å². The van der Waals surface area contributed by atoms with Crippen LogP contribution in [-0.2, 0) is 19.0 Å². The van der Waals surface area contributed by atoms with E-state index >= 15 is 0 Å². The molecule has 2 atom stereocenters. The molecule has 0 aromatic heterocycles. The maximum absolute atomic E-state index is 11.4. The predicted molar refractivity (Wildman–Crippen MR) is 89.1 cm³/mol. The summed E-state index contributed by atoms with van der Waals surface area (Å²) in [6.45, 7) is 1.56. The van der Waals surface area contributed by atoms with Crippen LogP contribution in [-0.4, -0.2) is 46.3 Å². The Bertz CT molecular complexity index is 595. The molecule has 0 heterocycles. The fourth-order valence-corrected chi connectivity index (χ4v) is 2.76. The van der Waals surface area contributed by atoms with Gasteiger partial charge < -0.3 is 23.7 Å². The van der Waals surface area contributed by atoms with E-state index in [1.165, 1.54) is 6.92 Å². The number of hydrogen-bond acceptors (Lipinski definition) is 6. The Morgan fingerprint density at radius 3 is 2.54 bits per heavy atom. The highest BCUT2D eigenvalue weighted by atomic mass is 16.7. The van der Waals surface area contributed by atoms with Crippen LogP contribution in [0.2, 0.25) is 0 Å². The minimum absolute atomic E-state index is 0.169. The highest BCUT2D eigenvalue weighted by Crippen LogP contribution is 2.35. The number of allylic oxidation sites excluding steroid dienone is 1. The smallest absolute Gasteiger partial charge is 0.303 e.